The molecule has 0 spiro atoms. The van der Waals surface area contributed by atoms with Crippen molar-refractivity contribution in [3.63, 3.8) is 0 Å². The van der Waals surface area contributed by atoms with Crippen molar-refractivity contribution in [2.45, 2.75) is 31.6 Å². The van der Waals surface area contributed by atoms with Crippen LogP contribution in [0.5, 0.6) is 0 Å². The van der Waals surface area contributed by atoms with Crippen molar-refractivity contribution in [2.75, 3.05) is 41.4 Å². The second-order valence-electron chi connectivity index (χ2n) is 7.85. The fourth-order valence-electron chi connectivity index (χ4n) is 3.48. The number of halogens is 1. The fourth-order valence-corrected chi connectivity index (χ4v) is 5.01. The van der Waals surface area contributed by atoms with Crippen molar-refractivity contribution in [2.24, 2.45) is 0 Å². The number of hydrogen-bond acceptors (Lipinski definition) is 5. The number of anilines is 2. The zero-order valence-electron chi connectivity index (χ0n) is 17.8. The number of pyridine rings is 1. The van der Waals surface area contributed by atoms with Crippen molar-refractivity contribution in [3.05, 3.63) is 60.3 Å². The molecule has 0 bridgehead atoms. The van der Waals surface area contributed by atoms with Gasteiger partial charge in [-0.05, 0) is 42.2 Å². The van der Waals surface area contributed by atoms with Crippen LogP contribution in [0.15, 0.2) is 54.1 Å². The molecule has 0 aliphatic carbocycles. The van der Waals surface area contributed by atoms with Crippen molar-refractivity contribution in [1.82, 2.24) is 9.88 Å². The Morgan fingerprint density at radius 1 is 1.20 bits per heavy atom. The van der Waals surface area contributed by atoms with Crippen LogP contribution in [-0.4, -0.2) is 51.0 Å². The monoisotopic (exact) mass is 448 g/mol. The van der Waals surface area contributed by atoms with Gasteiger partial charge in [0.25, 0.3) is 10.0 Å². The van der Waals surface area contributed by atoms with Crippen LogP contribution in [0.1, 0.15) is 30.9 Å². The summed E-state index contributed by atoms with van der Waals surface area (Å²) in [6.07, 6.45) is 3.45. The Labute approximate surface area is 184 Å². The zero-order chi connectivity index (χ0) is 21.9. The molecule has 0 unspecified atom stereocenters. The molecule has 0 amide bonds. The molecule has 0 radical (unpaired) electrons. The van der Waals surface area contributed by atoms with Gasteiger partial charge >= 0.3 is 0 Å². The maximum atomic E-state index is 13.0. The highest BCUT2D eigenvalue weighted by molar-refractivity contribution is 7.94. The number of sulfonamides is 1. The van der Waals surface area contributed by atoms with Gasteiger partial charge in [-0.15, -0.1) is 6.58 Å². The van der Waals surface area contributed by atoms with Crippen LogP contribution in [0.2, 0.25) is 0 Å². The van der Waals surface area contributed by atoms with E-state index in [1.54, 1.807) is 12.1 Å². The molecule has 1 aromatic carbocycles. The highest BCUT2D eigenvalue weighted by Crippen LogP contribution is 2.31. The van der Waals surface area contributed by atoms with Crippen molar-refractivity contribution < 1.29 is 8.42 Å². The van der Waals surface area contributed by atoms with Crippen LogP contribution in [0, 0.1) is 6.92 Å². The van der Waals surface area contributed by atoms with E-state index in [2.05, 4.69) is 35.2 Å². The quantitative estimate of drug-likeness (QED) is 0.470. The van der Waals surface area contributed by atoms with Gasteiger partial charge in [0, 0.05) is 44.5 Å². The molecule has 30 heavy (non-hydrogen) atoms. The van der Waals surface area contributed by atoms with Gasteiger partial charge in [-0.25, -0.2) is 4.98 Å². The Balaban J connectivity index is 1.78. The molecule has 1 aromatic heterocycles. The third-order valence-corrected chi connectivity index (χ3v) is 7.61. The summed E-state index contributed by atoms with van der Waals surface area (Å²) in [5, 5.41) is 0. The van der Waals surface area contributed by atoms with Crippen LogP contribution in [-0.2, 0) is 10.0 Å². The third-order valence-electron chi connectivity index (χ3n) is 5.40. The van der Waals surface area contributed by atoms with E-state index in [1.165, 1.54) is 6.20 Å². The van der Waals surface area contributed by atoms with Crippen LogP contribution in [0.3, 0.4) is 0 Å². The predicted octanol–water partition coefficient (Wildman–Crippen LogP) is 4.17. The molecule has 0 N–H and O–H groups in total. The third kappa shape index (κ3) is 4.79. The molecule has 2 heterocycles. The maximum Gasteiger partial charge on any atom is 0.278 e. The lowest BCUT2D eigenvalue weighted by Gasteiger charge is -2.35. The minimum Gasteiger partial charge on any atom is -0.354 e. The molecule has 0 atom stereocenters. The van der Waals surface area contributed by atoms with E-state index < -0.39 is 10.0 Å². The van der Waals surface area contributed by atoms with Gasteiger partial charge in [0.15, 0.2) is 0 Å². The van der Waals surface area contributed by atoms with Gasteiger partial charge < -0.3 is 4.90 Å². The Morgan fingerprint density at radius 3 is 2.37 bits per heavy atom. The summed E-state index contributed by atoms with van der Waals surface area (Å²) in [6.45, 7) is 14.3. The average molecular weight is 449 g/mol. The van der Waals surface area contributed by atoms with Gasteiger partial charge in [0.1, 0.15) is 5.82 Å². The Kier molecular flexibility index (Phi) is 7.06. The number of benzene rings is 1. The van der Waals surface area contributed by atoms with Crippen molar-refractivity contribution in [1.29, 1.82) is 0 Å². The molecule has 1 aliphatic rings. The smallest absolute Gasteiger partial charge is 0.278 e. The first-order chi connectivity index (χ1) is 14.2. The maximum absolute atomic E-state index is 13.0. The minimum absolute atomic E-state index is 0.156. The highest BCUT2D eigenvalue weighted by atomic mass is 35.5. The molecular formula is C22H29ClN4O2S. The van der Waals surface area contributed by atoms with E-state index in [1.807, 2.05) is 31.2 Å². The van der Waals surface area contributed by atoms with Crippen molar-refractivity contribution >= 4 is 33.3 Å². The van der Waals surface area contributed by atoms with Crippen molar-refractivity contribution in [3.8, 4) is 0 Å². The molecule has 0 saturated carbocycles. The number of hydrogen-bond donors (Lipinski definition) is 0. The van der Waals surface area contributed by atoms with Gasteiger partial charge in [-0.2, -0.15) is 12.2 Å². The zero-order valence-corrected chi connectivity index (χ0v) is 19.3. The summed E-state index contributed by atoms with van der Waals surface area (Å²) in [5.74, 6) is 1.16. The predicted molar refractivity (Wildman–Crippen MR) is 124 cm³/mol. The standard InChI is InChI=1S/C22H29ClN4O2S/c1-5-10-25-11-13-26(14-12-25)22-15-18(4)21(16-24-22)27(23)30(28,29)20-8-6-19(7-9-20)17(2)3/h5-9,15-17H,1,10-14H2,2-4H3. The Bertz CT molecular complexity index is 985. The molecule has 162 valence electrons. The van der Waals surface area contributed by atoms with E-state index >= 15 is 0 Å². The normalized spacial score (nSPS) is 15.4. The van der Waals surface area contributed by atoms with E-state index in [-0.39, 0.29) is 4.90 Å². The summed E-state index contributed by atoms with van der Waals surface area (Å²) < 4.78 is 26.8. The number of nitrogens with zero attached hydrogens (tertiary/aromatic N) is 4. The van der Waals surface area contributed by atoms with E-state index in [4.69, 9.17) is 11.8 Å². The molecule has 3 rings (SSSR count). The van der Waals surface area contributed by atoms with E-state index in [0.717, 1.165) is 53.5 Å². The molecule has 6 nitrogen and oxygen atoms in total. The Morgan fingerprint density at radius 2 is 1.83 bits per heavy atom. The lowest BCUT2D eigenvalue weighted by atomic mass is 10.0. The largest absolute Gasteiger partial charge is 0.354 e. The highest BCUT2D eigenvalue weighted by Gasteiger charge is 2.26. The lowest BCUT2D eigenvalue weighted by Crippen LogP contribution is -2.46. The second kappa shape index (κ2) is 9.37. The first-order valence-electron chi connectivity index (χ1n) is 10.1. The fraction of sp³-hybridized carbons (Fsp3) is 0.409. The number of piperazine rings is 1. The van der Waals surface area contributed by atoms with Gasteiger partial charge in [0.05, 0.1) is 16.8 Å². The van der Waals surface area contributed by atoms with Gasteiger partial charge in [-0.3, -0.25) is 4.90 Å². The van der Waals surface area contributed by atoms with E-state index in [9.17, 15) is 8.42 Å². The molecule has 1 saturated heterocycles. The molecule has 1 aliphatic heterocycles. The summed E-state index contributed by atoms with van der Waals surface area (Å²) >= 11 is 6.31. The molecule has 1 fully saturated rings. The number of rotatable bonds is 7. The first-order valence-corrected chi connectivity index (χ1v) is 11.9. The summed E-state index contributed by atoms with van der Waals surface area (Å²) in [5.41, 5.74) is 2.19. The van der Waals surface area contributed by atoms with Gasteiger partial charge in [-0.1, -0.05) is 32.1 Å². The van der Waals surface area contributed by atoms with Crippen LogP contribution >= 0.6 is 11.8 Å². The summed E-state index contributed by atoms with van der Waals surface area (Å²) in [4.78, 5) is 9.19. The molecular weight excluding hydrogens is 420 g/mol. The average Bonchev–Trinajstić information content (AvgIpc) is 2.74. The topological polar surface area (TPSA) is 56.8 Å². The lowest BCUT2D eigenvalue weighted by molar-refractivity contribution is 0.283. The second-order valence-corrected chi connectivity index (χ2v) is 10.2. The van der Waals surface area contributed by atoms with E-state index in [0.29, 0.717) is 11.6 Å². The van der Waals surface area contributed by atoms with Gasteiger partial charge in [0.2, 0.25) is 0 Å². The summed E-state index contributed by atoms with van der Waals surface area (Å²) in [7, 11) is -3.88. The Hall–Kier alpha value is -2.09. The minimum atomic E-state index is -3.88. The number of aromatic nitrogens is 1. The molecule has 2 aromatic rings. The van der Waals surface area contributed by atoms with Crippen LogP contribution in [0.4, 0.5) is 11.5 Å². The van der Waals surface area contributed by atoms with Crippen LogP contribution in [0.25, 0.3) is 0 Å². The summed E-state index contributed by atoms with van der Waals surface area (Å²) in [6, 6.07) is 8.73. The number of aryl methyl sites for hydroxylation is 1. The SMILES string of the molecule is C=CCN1CCN(c2cc(C)c(N(Cl)S(=O)(=O)c3ccc(C(C)C)cc3)cn2)CC1. The molecule has 8 heteroatoms. The van der Waals surface area contributed by atoms with Crippen LogP contribution < -0.4 is 8.72 Å². The first kappa shape index (κ1) is 22.6.